The second kappa shape index (κ2) is 25.1. The van der Waals surface area contributed by atoms with E-state index in [0.717, 1.165) is 31.2 Å². The van der Waals surface area contributed by atoms with Crippen molar-refractivity contribution in [3.8, 4) is 44.9 Å². The molecule has 6 aromatic carbocycles. The zero-order valence-corrected chi connectivity index (χ0v) is 43.4. The van der Waals surface area contributed by atoms with Crippen LogP contribution in [0.25, 0.3) is 66.8 Å². The Morgan fingerprint density at radius 1 is 0.645 bits per heavy atom. The van der Waals surface area contributed by atoms with Crippen molar-refractivity contribution < 1.29 is 142 Å². The average Bonchev–Trinajstić information content (AvgIpc) is 3.80. The predicted octanol–water partition coefficient (Wildman–Crippen LogP) is 3.61. The van der Waals surface area contributed by atoms with Crippen molar-refractivity contribution >= 4 is 62.2 Å². The molecule has 0 unspecified atom stereocenters. The maximum atomic E-state index is 13.4. The van der Waals surface area contributed by atoms with Crippen LogP contribution in [0.15, 0.2) is 148 Å². The molecule has 0 amide bonds. The molecular weight excluding hydrogens is 1060 g/mol. The van der Waals surface area contributed by atoms with Crippen LogP contribution in [0.4, 0.5) is 14.5 Å². The molecule has 0 aliphatic heterocycles. The van der Waals surface area contributed by atoms with E-state index in [-0.39, 0.29) is 130 Å². The summed E-state index contributed by atoms with van der Waals surface area (Å²) in [6.45, 7) is 3.99. The van der Waals surface area contributed by atoms with Crippen LogP contribution in [0.5, 0.6) is 0 Å². The number of fused-ring (bicyclic) bond motifs is 2. The fourth-order valence-corrected chi connectivity index (χ4v) is 7.15. The third-order valence-electron chi connectivity index (χ3n) is 8.98. The fourth-order valence-electron chi connectivity index (χ4n) is 6.40. The van der Waals surface area contributed by atoms with E-state index in [1.807, 2.05) is 78.9 Å². The Hall–Kier alpha value is -3.50. The molecule has 62 heavy (non-hydrogen) atoms. The molecule has 0 bridgehead atoms. The Morgan fingerprint density at radius 3 is 1.42 bits per heavy atom. The first-order valence-corrected chi connectivity index (χ1v) is 19.2. The molecule has 10 nitrogen and oxygen atoms in total. The normalized spacial score (nSPS) is 10.1. The van der Waals surface area contributed by atoms with Crippen LogP contribution in [-0.4, -0.2) is 25.2 Å². The van der Waals surface area contributed by atoms with Gasteiger partial charge in [0, 0.05) is 42.8 Å². The topological polar surface area (TPSA) is 157 Å². The van der Waals surface area contributed by atoms with Crippen molar-refractivity contribution in [1.29, 1.82) is 0 Å². The monoisotopic (exact) mass is 1100 g/mol. The van der Waals surface area contributed by atoms with Crippen LogP contribution >= 0.6 is 22.6 Å². The Bertz CT molecular complexity index is 2570. The van der Waals surface area contributed by atoms with Crippen LogP contribution in [0.2, 0.25) is 0 Å². The molecule has 0 aliphatic rings. The molecule has 2 heterocycles. The van der Waals surface area contributed by atoms with Crippen LogP contribution in [0.3, 0.4) is 0 Å². The molecule has 8 aromatic rings. The van der Waals surface area contributed by atoms with E-state index in [1.165, 1.54) is 24.3 Å². The van der Waals surface area contributed by atoms with Crippen LogP contribution in [0, 0.1) is 25.3 Å². The molecule has 0 saturated carbocycles. The first kappa shape index (κ1) is 52.8. The van der Waals surface area contributed by atoms with E-state index in [0.29, 0.717) is 61.4 Å². The minimum absolute atomic E-state index is 0. The Morgan fingerprint density at radius 2 is 1.02 bits per heavy atom. The second-order valence-corrected chi connectivity index (χ2v) is 13.8. The summed E-state index contributed by atoms with van der Waals surface area (Å²) in [5.74, 6) is -0.954. The van der Waals surface area contributed by atoms with Gasteiger partial charge in [-0.1, -0.05) is 60.7 Å². The van der Waals surface area contributed by atoms with Crippen molar-refractivity contribution in [1.82, 2.24) is 0 Å². The summed E-state index contributed by atoms with van der Waals surface area (Å²) in [6, 6.07) is 38.7. The van der Waals surface area contributed by atoms with E-state index in [1.54, 1.807) is 44.2 Å². The molecule has 0 aliphatic carbocycles. The molecule has 0 spiro atoms. The quantitative estimate of drug-likeness (QED) is 0.0600. The van der Waals surface area contributed by atoms with Gasteiger partial charge in [0.15, 0.2) is 0 Å². The van der Waals surface area contributed by atoms with Gasteiger partial charge in [0.05, 0.1) is 13.2 Å². The maximum Gasteiger partial charge on any atom is 1.00 e. The van der Waals surface area contributed by atoms with E-state index >= 15 is 0 Å². The number of esters is 2. The van der Waals surface area contributed by atoms with Gasteiger partial charge >= 0.3 is 92.9 Å². The van der Waals surface area contributed by atoms with Gasteiger partial charge in [-0.3, -0.25) is 0 Å². The Kier molecular flexibility index (Phi) is 21.4. The maximum absolute atomic E-state index is 13.4. The van der Waals surface area contributed by atoms with Gasteiger partial charge in [0.25, 0.3) is 0 Å². The molecule has 0 saturated heterocycles. The van der Waals surface area contributed by atoms with Gasteiger partial charge in [-0.05, 0) is 120 Å². The number of hydrogen-bond acceptors (Lipinski definition) is 10. The van der Waals surface area contributed by atoms with E-state index in [9.17, 15) is 18.4 Å². The van der Waals surface area contributed by atoms with Gasteiger partial charge in [0.1, 0.15) is 45.4 Å². The molecule has 8 rings (SSSR count). The number of nitrogen functional groups attached to an aromatic ring is 1. The largest absolute Gasteiger partial charge is 1.00 e. The van der Waals surface area contributed by atoms with Crippen molar-refractivity contribution in [3.05, 3.63) is 170 Å². The summed E-state index contributed by atoms with van der Waals surface area (Å²) >= 11 is 2.26. The zero-order chi connectivity index (χ0) is 42.1. The smallest absolute Gasteiger partial charge is 1.00 e. The number of halogens is 4. The average molecular weight is 1100 g/mol. The first-order chi connectivity index (χ1) is 28.6. The van der Waals surface area contributed by atoms with Gasteiger partial charge in [-0.25, -0.2) is 18.4 Å². The molecule has 2 aromatic heterocycles. The van der Waals surface area contributed by atoms with Crippen LogP contribution < -0.4 is 111 Å². The van der Waals surface area contributed by atoms with Crippen LogP contribution in [-0.2, 0) is 9.47 Å². The number of furan rings is 2. The summed E-state index contributed by atoms with van der Waals surface area (Å²) < 4.78 is 50.2. The number of ether oxygens (including phenoxy) is 2. The molecular formula is C46H34F2I2KN2NaO8. The number of benzene rings is 6. The number of carbonyl (C=O) groups is 2. The molecule has 16 heteroatoms. The Labute approximate surface area is 450 Å². The molecule has 2 N–H and O–H groups in total. The first-order valence-electron chi connectivity index (χ1n) is 18.1. The standard InChI is InChI=1S/C23H16FIO3.C23H18FNO3.HI.K.HNO2.Na/c2*1-2-27-23(26)21-18-12-17(14-6-4-3-5-7-14)19(25)13-20(18)28-22(21)15-8-10-16(24)11-9-15;;;2-1-3;/h3-13H,2H2,1H3;3-13H,2,25H2,1H3;1H;;(H,2,3);/q;;;+1;;+1/p-2. The summed E-state index contributed by atoms with van der Waals surface area (Å²) in [5.41, 5.74) is 13.5. The minimum atomic E-state index is -0.496. The summed E-state index contributed by atoms with van der Waals surface area (Å²) in [6.07, 6.45) is 0. The third kappa shape index (κ3) is 12.4. The minimum Gasteiger partial charge on any atom is -1.00 e. The Balaban J connectivity index is 0.000000297. The molecule has 0 atom stereocenters. The number of carbonyl (C=O) groups excluding carboxylic acids is 2. The fraction of sp³-hybridized carbons (Fsp3) is 0.0870. The summed E-state index contributed by atoms with van der Waals surface area (Å²) in [5, 5.41) is 10.3. The van der Waals surface area contributed by atoms with E-state index in [4.69, 9.17) is 34.2 Å². The summed E-state index contributed by atoms with van der Waals surface area (Å²) in [4.78, 5) is 33.5. The van der Waals surface area contributed by atoms with E-state index < -0.39 is 11.9 Å². The van der Waals surface area contributed by atoms with E-state index in [2.05, 4.69) is 22.6 Å². The van der Waals surface area contributed by atoms with Gasteiger partial charge in [0.2, 0.25) is 0 Å². The van der Waals surface area contributed by atoms with Crippen molar-refractivity contribution in [2.45, 2.75) is 13.8 Å². The number of nitrogens with zero attached hydrogens (tertiary/aromatic N) is 1. The van der Waals surface area contributed by atoms with Crippen molar-refractivity contribution in [2.24, 2.45) is 5.34 Å². The van der Waals surface area contributed by atoms with Crippen molar-refractivity contribution in [3.63, 3.8) is 0 Å². The molecule has 306 valence electrons. The third-order valence-corrected chi connectivity index (χ3v) is 9.87. The zero-order valence-electron chi connectivity index (χ0n) is 33.9. The SMILES string of the molecule is CCOC(=O)c1c(-c2ccc(F)cc2)oc2cc(I)c(-c3ccccc3)cc12.CCOC(=O)c1c(-c2ccc(F)cc2)oc2cc(N)c(-c3ccccc3)cc12.O=N[O-].[I-].[K+].[Na+]. The number of hydrogen-bond donors (Lipinski definition) is 1. The second-order valence-electron chi connectivity index (χ2n) is 12.6. The van der Waals surface area contributed by atoms with Crippen LogP contribution in [0.1, 0.15) is 34.6 Å². The number of rotatable bonds is 8. The van der Waals surface area contributed by atoms with Crippen molar-refractivity contribution in [2.75, 3.05) is 18.9 Å². The molecule has 0 fully saturated rings. The number of anilines is 1. The van der Waals surface area contributed by atoms with Gasteiger partial charge in [-0.15, -0.1) is 5.34 Å². The van der Waals surface area contributed by atoms with Gasteiger partial charge < -0.3 is 58.1 Å². The number of nitrogens with two attached hydrogens (primary N) is 1. The predicted molar refractivity (Wildman–Crippen MR) is 232 cm³/mol. The summed E-state index contributed by atoms with van der Waals surface area (Å²) in [7, 11) is 0. The molecule has 0 radical (unpaired) electrons. The van der Waals surface area contributed by atoms with Gasteiger partial charge in [-0.2, -0.15) is 0 Å².